The van der Waals surface area contributed by atoms with Crippen LogP contribution >= 0.6 is 0 Å². The van der Waals surface area contributed by atoms with E-state index in [9.17, 15) is 0 Å². The van der Waals surface area contributed by atoms with Gasteiger partial charge in [0.25, 0.3) is 0 Å². The van der Waals surface area contributed by atoms with Crippen molar-refractivity contribution in [2.24, 2.45) is 0 Å². The summed E-state index contributed by atoms with van der Waals surface area (Å²) in [5, 5.41) is 3.29. The highest BCUT2D eigenvalue weighted by atomic mass is 16.5. The third-order valence-electron chi connectivity index (χ3n) is 2.86. The molecule has 0 bridgehead atoms. The van der Waals surface area contributed by atoms with Gasteiger partial charge in [-0.3, -0.25) is 0 Å². The smallest absolute Gasteiger partial charge is 0.227 e. The SMILES string of the molecule is COCCCNc1ccnc(N2CCCC2)n1. The number of aromatic nitrogens is 2. The molecule has 1 N–H and O–H groups in total. The number of nitrogens with one attached hydrogen (secondary N) is 1. The second-order valence-electron chi connectivity index (χ2n) is 4.21. The fourth-order valence-electron chi connectivity index (χ4n) is 1.95. The van der Waals surface area contributed by atoms with Crippen LogP contribution in [0.15, 0.2) is 12.3 Å². The zero-order chi connectivity index (χ0) is 11.9. The van der Waals surface area contributed by atoms with Gasteiger partial charge in [0, 0.05) is 39.5 Å². The van der Waals surface area contributed by atoms with Gasteiger partial charge in [0.2, 0.25) is 5.95 Å². The van der Waals surface area contributed by atoms with Gasteiger partial charge < -0.3 is 15.0 Å². The minimum Gasteiger partial charge on any atom is -0.385 e. The molecule has 1 aliphatic rings. The molecule has 0 spiro atoms. The summed E-state index contributed by atoms with van der Waals surface area (Å²) in [6.07, 6.45) is 5.29. The molecular weight excluding hydrogens is 216 g/mol. The van der Waals surface area contributed by atoms with Crippen LogP contribution in [-0.4, -0.2) is 43.3 Å². The van der Waals surface area contributed by atoms with Crippen LogP contribution in [-0.2, 0) is 4.74 Å². The summed E-state index contributed by atoms with van der Waals surface area (Å²) >= 11 is 0. The van der Waals surface area contributed by atoms with Crippen molar-refractivity contribution in [3.05, 3.63) is 12.3 Å². The summed E-state index contributed by atoms with van der Waals surface area (Å²) in [4.78, 5) is 11.1. The molecule has 0 amide bonds. The Hall–Kier alpha value is -1.36. The van der Waals surface area contributed by atoms with E-state index in [-0.39, 0.29) is 0 Å². The number of rotatable bonds is 6. The number of ether oxygens (including phenoxy) is 1. The van der Waals surface area contributed by atoms with Crippen molar-refractivity contribution in [1.29, 1.82) is 0 Å². The van der Waals surface area contributed by atoms with Gasteiger partial charge in [0.1, 0.15) is 5.82 Å². The minimum absolute atomic E-state index is 0.775. The molecule has 5 heteroatoms. The van der Waals surface area contributed by atoms with Crippen LogP contribution in [0, 0.1) is 0 Å². The van der Waals surface area contributed by atoms with Crippen molar-refractivity contribution in [3.63, 3.8) is 0 Å². The van der Waals surface area contributed by atoms with Gasteiger partial charge in [0.05, 0.1) is 0 Å². The minimum atomic E-state index is 0.775. The summed E-state index contributed by atoms with van der Waals surface area (Å²) in [7, 11) is 1.72. The van der Waals surface area contributed by atoms with E-state index in [1.54, 1.807) is 7.11 Å². The van der Waals surface area contributed by atoms with E-state index >= 15 is 0 Å². The Morgan fingerprint density at radius 2 is 2.24 bits per heavy atom. The van der Waals surface area contributed by atoms with E-state index in [4.69, 9.17) is 4.74 Å². The van der Waals surface area contributed by atoms with Crippen molar-refractivity contribution in [2.45, 2.75) is 19.3 Å². The van der Waals surface area contributed by atoms with Crippen molar-refractivity contribution in [2.75, 3.05) is 43.6 Å². The molecule has 0 radical (unpaired) electrons. The number of hydrogen-bond acceptors (Lipinski definition) is 5. The van der Waals surface area contributed by atoms with E-state index in [0.29, 0.717) is 0 Å². The number of nitrogens with zero attached hydrogens (tertiary/aromatic N) is 3. The molecule has 5 nitrogen and oxygen atoms in total. The normalized spacial score (nSPS) is 15.2. The Labute approximate surface area is 102 Å². The first kappa shape index (κ1) is 12.1. The number of methoxy groups -OCH3 is 1. The maximum atomic E-state index is 5.00. The van der Waals surface area contributed by atoms with Crippen molar-refractivity contribution in [1.82, 2.24) is 9.97 Å². The largest absolute Gasteiger partial charge is 0.385 e. The zero-order valence-electron chi connectivity index (χ0n) is 10.4. The Kier molecular flexibility index (Phi) is 4.55. The lowest BCUT2D eigenvalue weighted by atomic mass is 10.4. The highest BCUT2D eigenvalue weighted by molar-refractivity contribution is 5.41. The first-order valence-electron chi connectivity index (χ1n) is 6.21. The molecule has 0 atom stereocenters. The Bertz CT molecular complexity index is 339. The highest BCUT2D eigenvalue weighted by Crippen LogP contribution is 2.16. The predicted molar refractivity (Wildman–Crippen MR) is 68.5 cm³/mol. The highest BCUT2D eigenvalue weighted by Gasteiger charge is 2.14. The van der Waals surface area contributed by atoms with Gasteiger partial charge in [-0.2, -0.15) is 4.98 Å². The van der Waals surface area contributed by atoms with Crippen molar-refractivity contribution >= 4 is 11.8 Å². The van der Waals surface area contributed by atoms with Gasteiger partial charge in [0.15, 0.2) is 0 Å². The monoisotopic (exact) mass is 236 g/mol. The second kappa shape index (κ2) is 6.39. The van der Waals surface area contributed by atoms with Crippen LogP contribution in [0.5, 0.6) is 0 Å². The van der Waals surface area contributed by atoms with Crippen LogP contribution in [0.1, 0.15) is 19.3 Å². The van der Waals surface area contributed by atoms with Crippen LogP contribution < -0.4 is 10.2 Å². The third kappa shape index (κ3) is 3.56. The van der Waals surface area contributed by atoms with Gasteiger partial charge in [-0.15, -0.1) is 0 Å². The molecule has 1 aromatic rings. The molecule has 1 fully saturated rings. The standard InChI is InChI=1S/C12H20N4O/c1-17-10-4-6-13-11-5-7-14-12(15-11)16-8-2-3-9-16/h5,7H,2-4,6,8-10H2,1H3,(H,13,14,15). The first-order chi connectivity index (χ1) is 8.40. The topological polar surface area (TPSA) is 50.3 Å². The summed E-state index contributed by atoms with van der Waals surface area (Å²) in [5.41, 5.74) is 0. The third-order valence-corrected chi connectivity index (χ3v) is 2.86. The first-order valence-corrected chi connectivity index (χ1v) is 6.21. The molecule has 94 valence electrons. The Morgan fingerprint density at radius 1 is 1.41 bits per heavy atom. The molecule has 0 aliphatic carbocycles. The molecule has 2 rings (SSSR count). The number of hydrogen-bond donors (Lipinski definition) is 1. The van der Waals surface area contributed by atoms with Gasteiger partial charge >= 0.3 is 0 Å². The molecule has 0 aromatic carbocycles. The second-order valence-corrected chi connectivity index (χ2v) is 4.21. The molecule has 2 heterocycles. The summed E-state index contributed by atoms with van der Waals surface area (Å²) in [6.45, 7) is 3.81. The predicted octanol–water partition coefficient (Wildman–Crippen LogP) is 1.53. The number of anilines is 2. The fraction of sp³-hybridized carbons (Fsp3) is 0.667. The van der Waals surface area contributed by atoms with E-state index in [2.05, 4.69) is 20.2 Å². The van der Waals surface area contributed by atoms with Crippen LogP contribution in [0.25, 0.3) is 0 Å². The van der Waals surface area contributed by atoms with Crippen molar-refractivity contribution < 1.29 is 4.74 Å². The maximum Gasteiger partial charge on any atom is 0.227 e. The van der Waals surface area contributed by atoms with Crippen LogP contribution in [0.3, 0.4) is 0 Å². The summed E-state index contributed by atoms with van der Waals surface area (Å²) in [5.74, 6) is 1.75. The van der Waals surface area contributed by atoms with Crippen LogP contribution in [0.4, 0.5) is 11.8 Å². The average Bonchev–Trinajstić information content (AvgIpc) is 2.89. The lowest BCUT2D eigenvalue weighted by Crippen LogP contribution is -2.20. The van der Waals surface area contributed by atoms with E-state index in [1.807, 2.05) is 12.3 Å². The fourth-order valence-corrected chi connectivity index (χ4v) is 1.95. The Morgan fingerprint density at radius 3 is 3.00 bits per heavy atom. The Balaban J connectivity index is 1.87. The molecule has 1 aromatic heterocycles. The molecule has 1 aliphatic heterocycles. The molecule has 17 heavy (non-hydrogen) atoms. The quantitative estimate of drug-likeness (QED) is 0.759. The van der Waals surface area contributed by atoms with Crippen LogP contribution in [0.2, 0.25) is 0 Å². The lowest BCUT2D eigenvalue weighted by molar-refractivity contribution is 0.198. The van der Waals surface area contributed by atoms with E-state index in [1.165, 1.54) is 12.8 Å². The molecule has 0 unspecified atom stereocenters. The van der Waals surface area contributed by atoms with Gasteiger partial charge in [-0.25, -0.2) is 4.98 Å². The zero-order valence-corrected chi connectivity index (χ0v) is 10.4. The van der Waals surface area contributed by atoms with E-state index in [0.717, 1.165) is 44.4 Å². The maximum absolute atomic E-state index is 5.00. The average molecular weight is 236 g/mol. The van der Waals surface area contributed by atoms with Gasteiger partial charge in [-0.1, -0.05) is 0 Å². The molecular formula is C12H20N4O. The van der Waals surface area contributed by atoms with Crippen molar-refractivity contribution in [3.8, 4) is 0 Å². The van der Waals surface area contributed by atoms with Gasteiger partial charge in [-0.05, 0) is 25.3 Å². The molecule has 1 saturated heterocycles. The van der Waals surface area contributed by atoms with E-state index < -0.39 is 0 Å². The lowest BCUT2D eigenvalue weighted by Gasteiger charge is -2.15. The summed E-state index contributed by atoms with van der Waals surface area (Å²) in [6, 6.07) is 1.91. The molecule has 0 saturated carbocycles. The summed E-state index contributed by atoms with van der Waals surface area (Å²) < 4.78 is 5.00.